The van der Waals surface area contributed by atoms with Crippen LogP contribution in [0.1, 0.15) is 27.9 Å². The first-order valence-corrected chi connectivity index (χ1v) is 7.08. The van der Waals surface area contributed by atoms with Gasteiger partial charge in [0.25, 0.3) is 5.91 Å². The molecule has 0 saturated heterocycles. The Kier molecular flexibility index (Phi) is 3.60. The number of amides is 1. The van der Waals surface area contributed by atoms with E-state index in [4.69, 9.17) is 0 Å². The highest BCUT2D eigenvalue weighted by atomic mass is 19.1. The van der Waals surface area contributed by atoms with E-state index in [0.717, 1.165) is 30.8 Å². The van der Waals surface area contributed by atoms with E-state index >= 15 is 0 Å². The fourth-order valence-corrected chi connectivity index (χ4v) is 2.53. The Hall–Kier alpha value is -2.36. The van der Waals surface area contributed by atoms with Gasteiger partial charge in [0.1, 0.15) is 5.82 Å². The summed E-state index contributed by atoms with van der Waals surface area (Å²) in [5.41, 5.74) is 4.02. The molecule has 21 heavy (non-hydrogen) atoms. The van der Waals surface area contributed by atoms with E-state index in [9.17, 15) is 9.18 Å². The lowest BCUT2D eigenvalue weighted by atomic mass is 10.0. The third kappa shape index (κ3) is 2.89. The molecule has 2 aromatic carbocycles. The maximum atomic E-state index is 13.2. The Morgan fingerprint density at radius 3 is 2.90 bits per heavy atom. The van der Waals surface area contributed by atoms with Gasteiger partial charge in [-0.1, -0.05) is 6.07 Å². The van der Waals surface area contributed by atoms with Crippen molar-refractivity contribution in [3.63, 3.8) is 0 Å². The Balaban J connectivity index is 1.79. The van der Waals surface area contributed by atoms with Gasteiger partial charge < -0.3 is 10.6 Å². The van der Waals surface area contributed by atoms with Gasteiger partial charge in [-0.05, 0) is 61.2 Å². The Bertz CT molecular complexity index is 697. The Morgan fingerprint density at radius 1 is 1.24 bits per heavy atom. The van der Waals surface area contributed by atoms with Crippen molar-refractivity contribution in [1.29, 1.82) is 0 Å². The molecule has 3 rings (SSSR count). The van der Waals surface area contributed by atoms with E-state index in [1.54, 1.807) is 13.0 Å². The van der Waals surface area contributed by atoms with Crippen molar-refractivity contribution in [1.82, 2.24) is 0 Å². The maximum Gasteiger partial charge on any atom is 0.255 e. The lowest BCUT2D eigenvalue weighted by molar-refractivity contribution is 0.102. The molecule has 1 amide bonds. The average Bonchev–Trinajstić information content (AvgIpc) is 2.50. The lowest BCUT2D eigenvalue weighted by Gasteiger charge is -2.19. The van der Waals surface area contributed by atoms with Gasteiger partial charge in [0, 0.05) is 23.5 Å². The van der Waals surface area contributed by atoms with Crippen molar-refractivity contribution < 1.29 is 9.18 Å². The van der Waals surface area contributed by atoms with Crippen LogP contribution in [-0.4, -0.2) is 12.5 Å². The normalized spacial score (nSPS) is 13.2. The van der Waals surface area contributed by atoms with Crippen LogP contribution >= 0.6 is 0 Å². The van der Waals surface area contributed by atoms with Gasteiger partial charge in [0.2, 0.25) is 0 Å². The van der Waals surface area contributed by atoms with Crippen LogP contribution < -0.4 is 10.6 Å². The molecule has 1 aliphatic heterocycles. The smallest absolute Gasteiger partial charge is 0.255 e. The standard InChI is InChI=1S/C17H17FN2O/c1-11-9-13(5-7-15(11)18)17(21)20-14-6-4-12-3-2-8-19-16(12)10-14/h4-7,9-10,19H,2-3,8H2,1H3,(H,20,21). The second-order valence-electron chi connectivity index (χ2n) is 5.32. The van der Waals surface area contributed by atoms with Crippen LogP contribution in [0, 0.1) is 12.7 Å². The van der Waals surface area contributed by atoms with Crippen LogP contribution in [0.25, 0.3) is 0 Å². The number of rotatable bonds is 2. The molecule has 3 nitrogen and oxygen atoms in total. The number of nitrogens with one attached hydrogen (secondary N) is 2. The molecular weight excluding hydrogens is 267 g/mol. The molecule has 1 heterocycles. The molecule has 0 bridgehead atoms. The van der Waals surface area contributed by atoms with Crippen molar-refractivity contribution >= 4 is 17.3 Å². The fourth-order valence-electron chi connectivity index (χ4n) is 2.53. The van der Waals surface area contributed by atoms with Crippen LogP contribution in [0.4, 0.5) is 15.8 Å². The van der Waals surface area contributed by atoms with Crippen LogP contribution in [0.15, 0.2) is 36.4 Å². The molecule has 0 fully saturated rings. The summed E-state index contributed by atoms with van der Waals surface area (Å²) < 4.78 is 13.2. The second kappa shape index (κ2) is 5.56. The first-order valence-electron chi connectivity index (χ1n) is 7.08. The first-order chi connectivity index (χ1) is 10.1. The van der Waals surface area contributed by atoms with Crippen LogP contribution in [0.3, 0.4) is 0 Å². The molecule has 0 saturated carbocycles. The molecule has 4 heteroatoms. The molecule has 0 aromatic heterocycles. The third-order valence-corrected chi connectivity index (χ3v) is 3.73. The summed E-state index contributed by atoms with van der Waals surface area (Å²) in [5.74, 6) is -0.529. The van der Waals surface area contributed by atoms with Crippen LogP contribution in [0.5, 0.6) is 0 Å². The van der Waals surface area contributed by atoms with E-state index in [1.165, 1.54) is 17.7 Å². The van der Waals surface area contributed by atoms with Gasteiger partial charge in [-0.25, -0.2) is 4.39 Å². The second-order valence-corrected chi connectivity index (χ2v) is 5.32. The summed E-state index contributed by atoms with van der Waals surface area (Å²) >= 11 is 0. The Morgan fingerprint density at radius 2 is 2.10 bits per heavy atom. The number of fused-ring (bicyclic) bond motifs is 1. The number of carbonyl (C=O) groups excluding carboxylic acids is 1. The monoisotopic (exact) mass is 284 g/mol. The summed E-state index contributed by atoms with van der Waals surface area (Å²) in [4.78, 5) is 12.2. The summed E-state index contributed by atoms with van der Waals surface area (Å²) in [6, 6.07) is 10.3. The number of anilines is 2. The molecular formula is C17H17FN2O. The predicted molar refractivity (Wildman–Crippen MR) is 82.3 cm³/mol. The highest BCUT2D eigenvalue weighted by Gasteiger charge is 2.11. The van der Waals surface area contributed by atoms with E-state index in [0.29, 0.717) is 11.1 Å². The van der Waals surface area contributed by atoms with Gasteiger partial charge in [-0.3, -0.25) is 4.79 Å². The largest absolute Gasteiger partial charge is 0.385 e. The predicted octanol–water partition coefficient (Wildman–Crippen LogP) is 3.74. The lowest BCUT2D eigenvalue weighted by Crippen LogP contribution is -2.15. The number of carbonyl (C=O) groups is 1. The summed E-state index contributed by atoms with van der Waals surface area (Å²) in [6.45, 7) is 2.61. The number of hydrogen-bond donors (Lipinski definition) is 2. The van der Waals surface area contributed by atoms with Crippen molar-refractivity contribution in [2.45, 2.75) is 19.8 Å². The van der Waals surface area contributed by atoms with E-state index in [-0.39, 0.29) is 11.7 Å². The quantitative estimate of drug-likeness (QED) is 0.882. The van der Waals surface area contributed by atoms with Crippen molar-refractivity contribution in [3.05, 3.63) is 58.9 Å². The first kappa shape index (κ1) is 13.6. The van der Waals surface area contributed by atoms with Crippen molar-refractivity contribution in [2.75, 3.05) is 17.2 Å². The van der Waals surface area contributed by atoms with E-state index in [2.05, 4.69) is 10.6 Å². The summed E-state index contributed by atoms with van der Waals surface area (Å²) in [7, 11) is 0. The molecule has 1 aliphatic rings. The van der Waals surface area contributed by atoms with Gasteiger partial charge in [0.05, 0.1) is 0 Å². The minimum absolute atomic E-state index is 0.228. The topological polar surface area (TPSA) is 41.1 Å². The van der Waals surface area contributed by atoms with Gasteiger partial charge in [0.15, 0.2) is 0 Å². The zero-order valence-electron chi connectivity index (χ0n) is 11.9. The highest BCUT2D eigenvalue weighted by molar-refractivity contribution is 6.04. The summed E-state index contributed by atoms with van der Waals surface area (Å²) in [6.07, 6.45) is 2.20. The molecule has 2 aromatic rings. The Labute approximate surface area is 123 Å². The minimum Gasteiger partial charge on any atom is -0.385 e. The van der Waals surface area contributed by atoms with Crippen molar-refractivity contribution in [2.24, 2.45) is 0 Å². The van der Waals surface area contributed by atoms with E-state index in [1.807, 2.05) is 18.2 Å². The molecule has 0 spiro atoms. The molecule has 108 valence electrons. The van der Waals surface area contributed by atoms with Crippen LogP contribution in [-0.2, 0) is 6.42 Å². The van der Waals surface area contributed by atoms with Gasteiger partial charge in [-0.2, -0.15) is 0 Å². The number of halogens is 1. The number of aryl methyl sites for hydroxylation is 2. The van der Waals surface area contributed by atoms with Crippen LogP contribution in [0.2, 0.25) is 0 Å². The number of hydrogen-bond acceptors (Lipinski definition) is 2. The van der Waals surface area contributed by atoms with Gasteiger partial charge in [-0.15, -0.1) is 0 Å². The molecule has 2 N–H and O–H groups in total. The SMILES string of the molecule is Cc1cc(C(=O)Nc2ccc3c(c2)NCCC3)ccc1F. The van der Waals surface area contributed by atoms with E-state index < -0.39 is 0 Å². The number of benzene rings is 2. The average molecular weight is 284 g/mol. The maximum absolute atomic E-state index is 13.2. The third-order valence-electron chi connectivity index (χ3n) is 3.73. The molecule has 0 atom stereocenters. The zero-order chi connectivity index (χ0) is 14.8. The summed E-state index contributed by atoms with van der Waals surface area (Å²) in [5, 5.41) is 6.19. The fraction of sp³-hybridized carbons (Fsp3) is 0.235. The van der Waals surface area contributed by atoms with Crippen molar-refractivity contribution in [3.8, 4) is 0 Å². The molecule has 0 unspecified atom stereocenters. The minimum atomic E-state index is -0.301. The van der Waals surface area contributed by atoms with Gasteiger partial charge >= 0.3 is 0 Å². The highest BCUT2D eigenvalue weighted by Crippen LogP contribution is 2.25. The molecule has 0 aliphatic carbocycles. The molecule has 0 radical (unpaired) electrons. The zero-order valence-corrected chi connectivity index (χ0v) is 11.9.